The van der Waals surface area contributed by atoms with E-state index in [2.05, 4.69) is 20.3 Å². The van der Waals surface area contributed by atoms with Gasteiger partial charge in [-0.3, -0.25) is 4.79 Å². The smallest absolute Gasteiger partial charge is 0.281 e. The first kappa shape index (κ1) is 31.8. The Morgan fingerprint density at radius 1 is 0.978 bits per heavy atom. The number of sulfonamides is 2. The fourth-order valence-corrected chi connectivity index (χ4v) is 9.87. The van der Waals surface area contributed by atoms with Crippen molar-refractivity contribution in [1.29, 1.82) is 0 Å². The van der Waals surface area contributed by atoms with E-state index < -0.39 is 25.6 Å². The molecule has 0 radical (unpaired) electrons. The van der Waals surface area contributed by atoms with Crippen LogP contribution in [0.5, 0.6) is 0 Å². The van der Waals surface area contributed by atoms with Crippen molar-refractivity contribution in [3.8, 4) is 0 Å². The lowest BCUT2D eigenvalue weighted by Gasteiger charge is -2.33. The van der Waals surface area contributed by atoms with Crippen molar-refractivity contribution in [2.24, 2.45) is 0 Å². The van der Waals surface area contributed by atoms with Gasteiger partial charge in [0, 0.05) is 36.6 Å². The molecule has 45 heavy (non-hydrogen) atoms. The van der Waals surface area contributed by atoms with Crippen LogP contribution in [0.15, 0.2) is 63.1 Å². The van der Waals surface area contributed by atoms with Crippen LogP contribution in [0, 0.1) is 0 Å². The largest absolute Gasteiger partial charge is 0.308 e. The van der Waals surface area contributed by atoms with Gasteiger partial charge in [-0.05, 0) is 67.6 Å². The molecule has 0 amide bonds. The van der Waals surface area contributed by atoms with Crippen molar-refractivity contribution in [3.63, 3.8) is 0 Å². The van der Waals surface area contributed by atoms with Crippen LogP contribution >= 0.6 is 11.6 Å². The first-order valence-corrected chi connectivity index (χ1v) is 18.5. The summed E-state index contributed by atoms with van der Waals surface area (Å²) in [6.07, 6.45) is 5.99. The van der Waals surface area contributed by atoms with Crippen molar-refractivity contribution in [2.75, 3.05) is 19.6 Å². The average molecular weight is 674 g/mol. The minimum atomic E-state index is -3.94. The number of nitrogens with zero attached hydrogens (tertiary/aromatic N) is 6. The van der Waals surface area contributed by atoms with Crippen molar-refractivity contribution in [1.82, 2.24) is 33.6 Å². The summed E-state index contributed by atoms with van der Waals surface area (Å²) in [4.78, 5) is 20.5. The van der Waals surface area contributed by atoms with Gasteiger partial charge in [0.25, 0.3) is 5.56 Å². The number of aromatic amines is 1. The molecular formula is C30H36ClN7O5S2. The van der Waals surface area contributed by atoms with Crippen LogP contribution in [0.1, 0.15) is 69.2 Å². The number of piperidine rings is 1. The number of aromatic nitrogens is 5. The van der Waals surface area contributed by atoms with Crippen LogP contribution in [-0.4, -0.2) is 76.1 Å². The van der Waals surface area contributed by atoms with E-state index in [-0.39, 0.29) is 33.8 Å². The molecule has 1 aliphatic heterocycles. The standard InChI is InChI=1S/C30H36ClN7O5S2/c1-2-38(24-11-4-3-5-12-24)45(42,43)26-15-13-25(14-16-26)44(40,41)36-17-7-9-22(20-36)28-32-29-27(30(39)33-28)34-35-37(29)19-21-8-6-10-23(31)18-21/h6,8,10,13-16,18,22,24H,2-5,7,9,11-12,17,19-20H2,1H3,(H,32,33,39). The lowest BCUT2D eigenvalue weighted by Crippen LogP contribution is -2.41. The van der Waals surface area contributed by atoms with Crippen LogP contribution in [0.25, 0.3) is 11.2 Å². The normalized spacial score (nSPS) is 19.0. The number of hydrogen-bond donors (Lipinski definition) is 1. The third-order valence-corrected chi connectivity index (χ3v) is 12.9. The molecule has 240 valence electrons. The zero-order chi connectivity index (χ0) is 31.8. The zero-order valence-corrected chi connectivity index (χ0v) is 27.4. The molecule has 0 bridgehead atoms. The van der Waals surface area contributed by atoms with Crippen molar-refractivity contribution >= 4 is 42.8 Å². The van der Waals surface area contributed by atoms with E-state index in [1.54, 1.807) is 16.4 Å². The second-order valence-corrected chi connectivity index (χ2v) is 15.9. The predicted octanol–water partition coefficient (Wildman–Crippen LogP) is 4.13. The monoisotopic (exact) mass is 673 g/mol. The first-order chi connectivity index (χ1) is 21.6. The molecule has 1 atom stereocenters. The summed E-state index contributed by atoms with van der Waals surface area (Å²) >= 11 is 6.13. The minimum absolute atomic E-state index is 0.0171. The summed E-state index contributed by atoms with van der Waals surface area (Å²) in [6.45, 7) is 2.91. The third kappa shape index (κ3) is 6.43. The van der Waals surface area contributed by atoms with Crippen molar-refractivity contribution in [2.45, 2.75) is 80.2 Å². The molecule has 2 fully saturated rings. The number of fused-ring (bicyclic) bond motifs is 1. The molecule has 1 saturated heterocycles. The molecule has 1 saturated carbocycles. The van der Waals surface area contributed by atoms with E-state index in [0.717, 1.165) is 37.7 Å². The number of benzene rings is 2. The average Bonchev–Trinajstić information content (AvgIpc) is 3.45. The highest BCUT2D eigenvalue weighted by molar-refractivity contribution is 7.89. The topological polar surface area (TPSA) is 151 Å². The van der Waals surface area contributed by atoms with Gasteiger partial charge in [0.05, 0.1) is 16.3 Å². The Labute approximate surface area is 267 Å². The number of halogens is 1. The van der Waals surface area contributed by atoms with E-state index in [1.807, 2.05) is 19.1 Å². The Hall–Kier alpha value is -3.17. The van der Waals surface area contributed by atoms with Gasteiger partial charge in [0.15, 0.2) is 11.2 Å². The predicted molar refractivity (Wildman–Crippen MR) is 170 cm³/mol. The number of H-pyrrole nitrogens is 1. The number of hydrogen-bond acceptors (Lipinski definition) is 8. The second kappa shape index (κ2) is 12.9. The molecule has 1 aliphatic carbocycles. The molecular weight excluding hydrogens is 638 g/mol. The van der Waals surface area contributed by atoms with E-state index in [4.69, 9.17) is 11.6 Å². The maximum absolute atomic E-state index is 13.7. The molecule has 1 unspecified atom stereocenters. The first-order valence-electron chi connectivity index (χ1n) is 15.3. The summed E-state index contributed by atoms with van der Waals surface area (Å²) in [5.41, 5.74) is 0.822. The highest BCUT2D eigenvalue weighted by Crippen LogP contribution is 2.31. The Bertz CT molecular complexity index is 1960. The van der Waals surface area contributed by atoms with Gasteiger partial charge in [-0.1, -0.05) is 55.1 Å². The van der Waals surface area contributed by atoms with E-state index >= 15 is 0 Å². The summed E-state index contributed by atoms with van der Waals surface area (Å²) in [5, 5.41) is 8.70. The van der Waals surface area contributed by atoms with Gasteiger partial charge >= 0.3 is 0 Å². The Morgan fingerprint density at radius 3 is 2.42 bits per heavy atom. The van der Waals surface area contributed by atoms with Gasteiger partial charge in [0.2, 0.25) is 20.0 Å². The fraction of sp³-hybridized carbons (Fsp3) is 0.467. The van der Waals surface area contributed by atoms with Crippen LogP contribution in [0.3, 0.4) is 0 Å². The summed E-state index contributed by atoms with van der Waals surface area (Å²) < 4.78 is 58.9. The van der Waals surface area contributed by atoms with E-state index in [0.29, 0.717) is 49.0 Å². The molecule has 2 aromatic carbocycles. The SMILES string of the molecule is CCN(C1CCCCC1)S(=O)(=O)c1ccc(S(=O)(=O)N2CCCC(c3nc4c(nnn4Cc4cccc(Cl)c4)c(=O)[nH]3)C2)cc1. The van der Waals surface area contributed by atoms with Crippen LogP contribution in [0.2, 0.25) is 5.02 Å². The molecule has 6 rings (SSSR count). The lowest BCUT2D eigenvalue weighted by atomic mass is 9.95. The Morgan fingerprint density at radius 2 is 1.71 bits per heavy atom. The molecule has 2 aromatic heterocycles. The van der Waals surface area contributed by atoms with Gasteiger partial charge in [-0.25, -0.2) is 26.5 Å². The minimum Gasteiger partial charge on any atom is -0.308 e. The molecule has 4 aromatic rings. The van der Waals surface area contributed by atoms with Crippen LogP contribution in [0.4, 0.5) is 0 Å². The van der Waals surface area contributed by atoms with Gasteiger partial charge < -0.3 is 4.98 Å². The maximum Gasteiger partial charge on any atom is 0.281 e. The van der Waals surface area contributed by atoms with Gasteiger partial charge in [-0.15, -0.1) is 5.10 Å². The number of nitrogens with one attached hydrogen (secondary N) is 1. The highest BCUT2D eigenvalue weighted by atomic mass is 35.5. The summed E-state index contributed by atoms with van der Waals surface area (Å²) in [6, 6.07) is 12.7. The summed E-state index contributed by atoms with van der Waals surface area (Å²) in [7, 11) is -7.71. The van der Waals surface area contributed by atoms with Gasteiger partial charge in [-0.2, -0.15) is 8.61 Å². The second-order valence-electron chi connectivity index (χ2n) is 11.7. The number of rotatable bonds is 9. The molecule has 2 aliphatic rings. The van der Waals surface area contributed by atoms with Crippen molar-refractivity contribution in [3.05, 3.63) is 75.3 Å². The Balaban J connectivity index is 1.22. The summed E-state index contributed by atoms with van der Waals surface area (Å²) in [5.74, 6) is -0.000688. The Kier molecular flexibility index (Phi) is 9.12. The molecule has 0 spiro atoms. The van der Waals surface area contributed by atoms with Gasteiger partial charge in [0.1, 0.15) is 5.82 Å². The quantitative estimate of drug-likeness (QED) is 0.279. The van der Waals surface area contributed by atoms with Crippen molar-refractivity contribution < 1.29 is 16.8 Å². The van der Waals surface area contributed by atoms with Crippen LogP contribution < -0.4 is 5.56 Å². The van der Waals surface area contributed by atoms with E-state index in [1.165, 1.54) is 33.3 Å². The molecule has 3 heterocycles. The lowest BCUT2D eigenvalue weighted by molar-refractivity contribution is 0.261. The fourth-order valence-electron chi connectivity index (χ4n) is 6.44. The third-order valence-electron chi connectivity index (χ3n) is 8.75. The highest BCUT2D eigenvalue weighted by Gasteiger charge is 2.34. The van der Waals surface area contributed by atoms with E-state index in [9.17, 15) is 21.6 Å². The molecule has 12 nitrogen and oxygen atoms in total. The molecule has 1 N–H and O–H groups in total. The zero-order valence-electron chi connectivity index (χ0n) is 25.0. The molecule has 15 heteroatoms. The maximum atomic E-state index is 13.7. The van der Waals surface area contributed by atoms with Crippen LogP contribution in [-0.2, 0) is 26.6 Å².